The van der Waals surface area contributed by atoms with Gasteiger partial charge in [0.1, 0.15) is 0 Å². The zero-order valence-electron chi connectivity index (χ0n) is 18.0. The standard InChI is InChI=1S/C25H30N2O3/c1-4-30-25-14-21-18(13-24(25)29-3)10-11-27(16-28)23(21)7-5-6-19-15-26-22-12-17(2)8-9-20(19)22/h8-9,12-16,23,26H,4-7,10-11H2,1-3H3/t23-/m0/s1. The molecule has 1 amide bonds. The van der Waals surface area contributed by atoms with Gasteiger partial charge in [-0.05, 0) is 80.0 Å². The number of H-pyrrole nitrogens is 1. The average Bonchev–Trinajstić information content (AvgIpc) is 3.15. The Bertz CT molecular complexity index is 1040. The van der Waals surface area contributed by atoms with E-state index in [2.05, 4.69) is 48.4 Å². The van der Waals surface area contributed by atoms with E-state index < -0.39 is 0 Å². The summed E-state index contributed by atoms with van der Waals surface area (Å²) in [6.07, 6.45) is 6.86. The van der Waals surface area contributed by atoms with Crippen LogP contribution in [0.1, 0.15) is 48.1 Å². The molecule has 0 aliphatic carbocycles. The van der Waals surface area contributed by atoms with Crippen molar-refractivity contribution in [1.82, 2.24) is 9.88 Å². The predicted octanol–water partition coefficient (Wildman–Crippen LogP) is 4.96. The maximum absolute atomic E-state index is 11.8. The van der Waals surface area contributed by atoms with Crippen LogP contribution >= 0.6 is 0 Å². The summed E-state index contributed by atoms with van der Waals surface area (Å²) in [5.41, 5.74) is 6.23. The van der Waals surface area contributed by atoms with Crippen LogP contribution in [0.5, 0.6) is 11.5 Å². The highest BCUT2D eigenvalue weighted by atomic mass is 16.5. The van der Waals surface area contributed by atoms with Gasteiger partial charge < -0.3 is 19.4 Å². The van der Waals surface area contributed by atoms with Crippen molar-refractivity contribution in [3.8, 4) is 11.5 Å². The SMILES string of the molecule is CCOc1cc2c(cc1OC)CCN(C=O)[C@H]2CCCc1c[nH]c2cc(C)ccc12. The molecule has 0 bridgehead atoms. The fraction of sp³-hybridized carbons (Fsp3) is 0.400. The molecule has 0 radical (unpaired) electrons. The van der Waals surface area contributed by atoms with Crippen molar-refractivity contribution in [1.29, 1.82) is 0 Å². The molecule has 0 saturated heterocycles. The number of carbonyl (C=O) groups excluding carboxylic acids is 1. The highest BCUT2D eigenvalue weighted by molar-refractivity contribution is 5.83. The third-order valence-electron chi connectivity index (χ3n) is 6.11. The van der Waals surface area contributed by atoms with Gasteiger partial charge in [-0.3, -0.25) is 4.79 Å². The van der Waals surface area contributed by atoms with E-state index in [0.29, 0.717) is 6.61 Å². The van der Waals surface area contributed by atoms with Crippen LogP contribution < -0.4 is 9.47 Å². The fourth-order valence-corrected chi connectivity index (χ4v) is 4.60. The van der Waals surface area contributed by atoms with Crippen LogP contribution in [0.25, 0.3) is 10.9 Å². The number of fused-ring (bicyclic) bond motifs is 2. The summed E-state index contributed by atoms with van der Waals surface area (Å²) in [4.78, 5) is 17.1. The molecule has 2 heterocycles. The number of rotatable bonds is 8. The van der Waals surface area contributed by atoms with Crippen LogP contribution in [0.2, 0.25) is 0 Å². The lowest BCUT2D eigenvalue weighted by molar-refractivity contribution is -0.120. The van der Waals surface area contributed by atoms with Crippen molar-refractivity contribution in [3.63, 3.8) is 0 Å². The topological polar surface area (TPSA) is 54.6 Å². The van der Waals surface area contributed by atoms with Gasteiger partial charge in [0.15, 0.2) is 11.5 Å². The highest BCUT2D eigenvalue weighted by Gasteiger charge is 2.28. The minimum Gasteiger partial charge on any atom is -0.493 e. The molecule has 1 aliphatic heterocycles. The van der Waals surface area contributed by atoms with Crippen molar-refractivity contribution in [2.24, 2.45) is 0 Å². The number of hydrogen-bond acceptors (Lipinski definition) is 3. The van der Waals surface area contributed by atoms with Gasteiger partial charge in [-0.25, -0.2) is 0 Å². The van der Waals surface area contributed by atoms with Gasteiger partial charge in [-0.1, -0.05) is 12.1 Å². The van der Waals surface area contributed by atoms with Crippen LogP contribution in [-0.2, 0) is 17.6 Å². The lowest BCUT2D eigenvalue weighted by Crippen LogP contribution is -2.34. The molecule has 1 aliphatic rings. The number of ether oxygens (including phenoxy) is 2. The van der Waals surface area contributed by atoms with Gasteiger partial charge in [0, 0.05) is 23.6 Å². The van der Waals surface area contributed by atoms with Gasteiger partial charge in [0.2, 0.25) is 6.41 Å². The molecule has 5 heteroatoms. The highest BCUT2D eigenvalue weighted by Crippen LogP contribution is 2.39. The second kappa shape index (κ2) is 8.82. The number of aryl methyl sites for hydroxylation is 2. The molecule has 1 aromatic heterocycles. The molecular formula is C25H30N2O3. The number of benzene rings is 2. The molecule has 30 heavy (non-hydrogen) atoms. The minimum absolute atomic E-state index is 0.0730. The molecule has 0 saturated carbocycles. The smallest absolute Gasteiger partial charge is 0.210 e. The van der Waals surface area contributed by atoms with E-state index in [1.807, 2.05) is 11.8 Å². The predicted molar refractivity (Wildman–Crippen MR) is 119 cm³/mol. The Morgan fingerprint density at radius 2 is 2.10 bits per heavy atom. The quantitative estimate of drug-likeness (QED) is 0.538. The molecule has 1 atom stereocenters. The minimum atomic E-state index is 0.0730. The van der Waals surface area contributed by atoms with Crippen molar-refractivity contribution in [2.45, 2.75) is 45.6 Å². The lowest BCUT2D eigenvalue weighted by atomic mass is 9.89. The number of aromatic nitrogens is 1. The Kier molecular flexibility index (Phi) is 5.98. The van der Waals surface area contributed by atoms with Crippen molar-refractivity contribution < 1.29 is 14.3 Å². The number of methoxy groups -OCH3 is 1. The van der Waals surface area contributed by atoms with Crippen LogP contribution in [0.4, 0.5) is 0 Å². The molecule has 0 unspecified atom stereocenters. The Hall–Kier alpha value is -2.95. The molecule has 0 fully saturated rings. The summed E-state index contributed by atoms with van der Waals surface area (Å²) in [6, 6.07) is 10.8. The molecule has 5 nitrogen and oxygen atoms in total. The van der Waals surface area contributed by atoms with Crippen molar-refractivity contribution in [2.75, 3.05) is 20.3 Å². The third kappa shape index (κ3) is 3.89. The number of carbonyl (C=O) groups is 1. The molecule has 0 spiro atoms. The summed E-state index contributed by atoms with van der Waals surface area (Å²) in [6.45, 7) is 5.40. The zero-order valence-corrected chi connectivity index (χ0v) is 18.0. The number of nitrogens with one attached hydrogen (secondary N) is 1. The summed E-state index contributed by atoms with van der Waals surface area (Å²) >= 11 is 0. The summed E-state index contributed by atoms with van der Waals surface area (Å²) in [7, 11) is 1.67. The second-order valence-electron chi connectivity index (χ2n) is 8.00. The van der Waals surface area contributed by atoms with Crippen LogP contribution in [0.15, 0.2) is 36.5 Å². The monoisotopic (exact) mass is 406 g/mol. The number of nitrogens with zero attached hydrogens (tertiary/aromatic N) is 1. The van der Waals surface area contributed by atoms with Crippen molar-refractivity contribution >= 4 is 17.3 Å². The first-order chi connectivity index (χ1) is 14.6. The first kappa shape index (κ1) is 20.3. The Balaban J connectivity index is 1.55. The fourth-order valence-electron chi connectivity index (χ4n) is 4.60. The molecule has 3 aromatic rings. The van der Waals surface area contributed by atoms with Gasteiger partial charge in [-0.2, -0.15) is 0 Å². The van der Waals surface area contributed by atoms with Gasteiger partial charge in [0.05, 0.1) is 19.8 Å². The normalized spacial score (nSPS) is 15.8. The van der Waals surface area contributed by atoms with E-state index >= 15 is 0 Å². The van der Waals surface area contributed by atoms with Crippen LogP contribution in [0, 0.1) is 6.92 Å². The van der Waals surface area contributed by atoms with Gasteiger partial charge >= 0.3 is 0 Å². The van der Waals surface area contributed by atoms with Crippen molar-refractivity contribution in [3.05, 3.63) is 58.8 Å². The van der Waals surface area contributed by atoms with Gasteiger partial charge in [0.25, 0.3) is 0 Å². The van der Waals surface area contributed by atoms with E-state index in [9.17, 15) is 4.79 Å². The van der Waals surface area contributed by atoms with Crippen LogP contribution in [-0.4, -0.2) is 36.6 Å². The molecule has 2 aromatic carbocycles. The number of hydrogen-bond donors (Lipinski definition) is 1. The summed E-state index contributed by atoms with van der Waals surface area (Å²) in [5.74, 6) is 1.52. The maximum Gasteiger partial charge on any atom is 0.210 e. The van der Waals surface area contributed by atoms with Gasteiger partial charge in [-0.15, -0.1) is 0 Å². The third-order valence-corrected chi connectivity index (χ3v) is 6.11. The average molecular weight is 407 g/mol. The Morgan fingerprint density at radius 3 is 2.87 bits per heavy atom. The molecule has 4 rings (SSSR count). The van der Waals surface area contributed by atoms with Crippen LogP contribution in [0.3, 0.4) is 0 Å². The second-order valence-corrected chi connectivity index (χ2v) is 8.00. The Morgan fingerprint density at radius 1 is 1.23 bits per heavy atom. The number of aromatic amines is 1. The molecule has 158 valence electrons. The Labute approximate surface area is 178 Å². The first-order valence-corrected chi connectivity index (χ1v) is 10.8. The summed E-state index contributed by atoms with van der Waals surface area (Å²) in [5, 5.41) is 1.29. The maximum atomic E-state index is 11.8. The van der Waals surface area contributed by atoms with E-state index in [4.69, 9.17) is 9.47 Å². The zero-order chi connectivity index (χ0) is 21.1. The molecule has 1 N–H and O–H groups in total. The van der Waals surface area contributed by atoms with E-state index in [1.54, 1.807) is 7.11 Å². The van der Waals surface area contributed by atoms with E-state index in [0.717, 1.165) is 50.1 Å². The first-order valence-electron chi connectivity index (χ1n) is 10.8. The molecular weight excluding hydrogens is 376 g/mol. The largest absolute Gasteiger partial charge is 0.493 e. The summed E-state index contributed by atoms with van der Waals surface area (Å²) < 4.78 is 11.3. The van der Waals surface area contributed by atoms with E-state index in [-0.39, 0.29) is 6.04 Å². The van der Waals surface area contributed by atoms with E-state index in [1.165, 1.54) is 33.2 Å². The lowest BCUT2D eigenvalue weighted by Gasteiger charge is -2.35. The number of amides is 1.